The number of benzene rings is 2. The summed E-state index contributed by atoms with van der Waals surface area (Å²) in [5.41, 5.74) is 5.73. The van der Waals surface area contributed by atoms with E-state index in [-0.39, 0.29) is 5.91 Å². The van der Waals surface area contributed by atoms with Gasteiger partial charge in [0.25, 0.3) is 5.91 Å². The molecule has 30 heavy (non-hydrogen) atoms. The van der Waals surface area contributed by atoms with Crippen LogP contribution in [0.1, 0.15) is 38.5 Å². The molecule has 0 N–H and O–H groups in total. The lowest BCUT2D eigenvalue weighted by molar-refractivity contribution is 0.0765. The first kappa shape index (κ1) is 20.8. The van der Waals surface area contributed by atoms with Crippen LogP contribution in [0.4, 0.5) is 0 Å². The number of rotatable bonds is 4. The third-order valence-corrected chi connectivity index (χ3v) is 6.91. The first-order chi connectivity index (χ1) is 14.5. The molecular weight excluding hydrogens is 390 g/mol. The van der Waals surface area contributed by atoms with Gasteiger partial charge in [-0.25, -0.2) is 4.98 Å². The van der Waals surface area contributed by atoms with Gasteiger partial charge in [-0.15, -0.1) is 11.3 Å². The van der Waals surface area contributed by atoms with Crippen LogP contribution in [0.3, 0.4) is 0 Å². The second kappa shape index (κ2) is 9.11. The molecule has 4 rings (SSSR count). The highest BCUT2D eigenvalue weighted by Crippen LogP contribution is 2.31. The summed E-state index contributed by atoms with van der Waals surface area (Å²) in [6, 6.07) is 17.0. The molecule has 0 unspecified atom stereocenters. The Morgan fingerprint density at radius 3 is 2.57 bits per heavy atom. The summed E-state index contributed by atoms with van der Waals surface area (Å²) < 4.78 is 0. The molecule has 1 amide bonds. The molecule has 2 heterocycles. The summed E-state index contributed by atoms with van der Waals surface area (Å²) >= 11 is 1.53. The Bertz CT molecular complexity index is 1030. The molecule has 0 aliphatic carbocycles. The molecule has 1 aliphatic rings. The Balaban J connectivity index is 1.46. The van der Waals surface area contributed by atoms with Gasteiger partial charge in [0.05, 0.1) is 5.69 Å². The van der Waals surface area contributed by atoms with E-state index in [0.717, 1.165) is 60.3 Å². The maximum absolute atomic E-state index is 13.3. The number of carbonyl (C=O) groups excluding carboxylic acids is 1. The Morgan fingerprint density at radius 2 is 1.80 bits per heavy atom. The minimum absolute atomic E-state index is 0.127. The summed E-state index contributed by atoms with van der Waals surface area (Å²) in [6.07, 6.45) is 1.00. The predicted molar refractivity (Wildman–Crippen MR) is 124 cm³/mol. The first-order valence-electron chi connectivity index (χ1n) is 10.6. The fourth-order valence-electron chi connectivity index (χ4n) is 4.08. The van der Waals surface area contributed by atoms with E-state index < -0.39 is 0 Å². The van der Waals surface area contributed by atoms with Crippen molar-refractivity contribution in [1.82, 2.24) is 14.8 Å². The van der Waals surface area contributed by atoms with Gasteiger partial charge in [-0.3, -0.25) is 9.69 Å². The van der Waals surface area contributed by atoms with Crippen LogP contribution in [-0.2, 0) is 6.54 Å². The van der Waals surface area contributed by atoms with Gasteiger partial charge in [0, 0.05) is 38.3 Å². The van der Waals surface area contributed by atoms with Gasteiger partial charge in [-0.2, -0.15) is 0 Å². The summed E-state index contributed by atoms with van der Waals surface area (Å²) in [7, 11) is 0. The number of amides is 1. The lowest BCUT2D eigenvalue weighted by Crippen LogP contribution is -2.35. The molecule has 1 aromatic heterocycles. The lowest BCUT2D eigenvalue weighted by Gasteiger charge is -2.21. The van der Waals surface area contributed by atoms with Gasteiger partial charge in [0.1, 0.15) is 9.88 Å². The Hall–Kier alpha value is -2.50. The predicted octanol–water partition coefficient (Wildman–Crippen LogP) is 5.08. The van der Waals surface area contributed by atoms with E-state index in [4.69, 9.17) is 4.98 Å². The molecule has 2 aromatic carbocycles. The molecule has 0 saturated carbocycles. The summed E-state index contributed by atoms with van der Waals surface area (Å²) in [5.74, 6) is 0.127. The molecule has 0 radical (unpaired) electrons. The van der Waals surface area contributed by atoms with Crippen molar-refractivity contribution in [3.63, 3.8) is 0 Å². The summed E-state index contributed by atoms with van der Waals surface area (Å²) in [5, 5.41) is 0.939. The fraction of sp³-hybridized carbons (Fsp3) is 0.360. The highest BCUT2D eigenvalue weighted by molar-refractivity contribution is 7.17. The van der Waals surface area contributed by atoms with E-state index in [0.29, 0.717) is 0 Å². The molecule has 0 spiro atoms. The van der Waals surface area contributed by atoms with Gasteiger partial charge in [0.2, 0.25) is 0 Å². The molecule has 5 heteroatoms. The third kappa shape index (κ3) is 4.63. The maximum Gasteiger partial charge on any atom is 0.265 e. The molecule has 1 fully saturated rings. The average molecular weight is 420 g/mol. The van der Waals surface area contributed by atoms with Crippen molar-refractivity contribution in [3.05, 3.63) is 75.8 Å². The van der Waals surface area contributed by atoms with Gasteiger partial charge in [0.15, 0.2) is 0 Å². The Morgan fingerprint density at radius 1 is 1.00 bits per heavy atom. The van der Waals surface area contributed by atoms with Crippen LogP contribution in [0, 0.1) is 20.8 Å². The minimum atomic E-state index is 0.127. The van der Waals surface area contributed by atoms with Crippen LogP contribution in [0.2, 0.25) is 0 Å². The second-order valence-electron chi connectivity index (χ2n) is 8.16. The van der Waals surface area contributed by atoms with Gasteiger partial charge < -0.3 is 4.90 Å². The van der Waals surface area contributed by atoms with E-state index in [1.807, 2.05) is 11.8 Å². The standard InChI is InChI=1S/C25H29N3OS/c1-18-10-11-22(19(2)16-18)24-26-20(3)23(30-24)25(29)28-13-7-12-27(14-15-28)17-21-8-5-4-6-9-21/h4-6,8-11,16H,7,12-15,17H2,1-3H3. The first-order valence-corrected chi connectivity index (χ1v) is 11.4. The van der Waals surface area contributed by atoms with E-state index in [1.165, 1.54) is 28.0 Å². The zero-order valence-corrected chi connectivity index (χ0v) is 18.8. The van der Waals surface area contributed by atoms with Gasteiger partial charge in [-0.1, -0.05) is 54.1 Å². The fourth-order valence-corrected chi connectivity index (χ4v) is 5.21. The molecule has 1 aliphatic heterocycles. The quantitative estimate of drug-likeness (QED) is 0.591. The summed E-state index contributed by atoms with van der Waals surface area (Å²) in [6.45, 7) is 10.6. The molecule has 156 valence electrons. The number of hydrogen-bond donors (Lipinski definition) is 0. The second-order valence-corrected chi connectivity index (χ2v) is 9.16. The number of nitrogens with zero attached hydrogens (tertiary/aromatic N) is 3. The van der Waals surface area contributed by atoms with Crippen molar-refractivity contribution in [2.75, 3.05) is 26.2 Å². The monoisotopic (exact) mass is 419 g/mol. The summed E-state index contributed by atoms with van der Waals surface area (Å²) in [4.78, 5) is 23.3. The number of hydrogen-bond acceptors (Lipinski definition) is 4. The van der Waals surface area contributed by atoms with Crippen LogP contribution >= 0.6 is 11.3 Å². The molecule has 4 nitrogen and oxygen atoms in total. The maximum atomic E-state index is 13.3. The van der Waals surface area contributed by atoms with Crippen LogP contribution in [-0.4, -0.2) is 46.9 Å². The largest absolute Gasteiger partial charge is 0.337 e. The van der Waals surface area contributed by atoms with E-state index in [1.54, 1.807) is 0 Å². The third-order valence-electron chi connectivity index (χ3n) is 5.73. The van der Waals surface area contributed by atoms with Crippen molar-refractivity contribution in [2.24, 2.45) is 0 Å². The molecule has 3 aromatic rings. The highest BCUT2D eigenvalue weighted by Gasteiger charge is 2.24. The Labute approximate surface area is 183 Å². The molecular formula is C25H29N3OS. The minimum Gasteiger partial charge on any atom is -0.337 e. The number of aryl methyl sites for hydroxylation is 3. The van der Waals surface area contributed by atoms with Crippen LogP contribution in [0.5, 0.6) is 0 Å². The van der Waals surface area contributed by atoms with Crippen molar-refractivity contribution >= 4 is 17.2 Å². The lowest BCUT2D eigenvalue weighted by atomic mass is 10.1. The van der Waals surface area contributed by atoms with Crippen molar-refractivity contribution in [2.45, 2.75) is 33.7 Å². The zero-order chi connectivity index (χ0) is 21.1. The van der Waals surface area contributed by atoms with Crippen molar-refractivity contribution in [3.8, 4) is 10.6 Å². The van der Waals surface area contributed by atoms with Gasteiger partial charge >= 0.3 is 0 Å². The van der Waals surface area contributed by atoms with E-state index >= 15 is 0 Å². The highest BCUT2D eigenvalue weighted by atomic mass is 32.1. The van der Waals surface area contributed by atoms with Crippen LogP contribution < -0.4 is 0 Å². The number of aromatic nitrogens is 1. The van der Waals surface area contributed by atoms with Crippen LogP contribution in [0.25, 0.3) is 10.6 Å². The molecule has 0 bridgehead atoms. The SMILES string of the molecule is Cc1ccc(-c2nc(C)c(C(=O)N3CCCN(Cc4ccccc4)CC3)s2)c(C)c1. The molecule has 1 saturated heterocycles. The van der Waals surface area contributed by atoms with E-state index in [9.17, 15) is 4.79 Å². The topological polar surface area (TPSA) is 36.4 Å². The van der Waals surface area contributed by atoms with Gasteiger partial charge in [-0.05, 0) is 38.3 Å². The Kier molecular flexibility index (Phi) is 6.30. The van der Waals surface area contributed by atoms with E-state index in [2.05, 4.69) is 67.3 Å². The smallest absolute Gasteiger partial charge is 0.265 e. The molecule has 0 atom stereocenters. The zero-order valence-electron chi connectivity index (χ0n) is 18.0. The average Bonchev–Trinajstić information content (AvgIpc) is 2.96. The van der Waals surface area contributed by atoms with Crippen LogP contribution in [0.15, 0.2) is 48.5 Å². The number of thiazole rings is 1. The van der Waals surface area contributed by atoms with Crippen molar-refractivity contribution < 1.29 is 4.79 Å². The number of carbonyl (C=O) groups is 1. The normalized spacial score (nSPS) is 15.2. The van der Waals surface area contributed by atoms with Crippen molar-refractivity contribution in [1.29, 1.82) is 0 Å².